The van der Waals surface area contributed by atoms with Crippen LogP contribution >= 0.6 is 0 Å². The Bertz CT molecular complexity index is 800. The highest BCUT2D eigenvalue weighted by molar-refractivity contribution is 7.89. The quantitative estimate of drug-likeness (QED) is 0.860. The number of rotatable bonds is 6. The lowest BCUT2D eigenvalue weighted by Gasteiger charge is -2.35. The fraction of sp³-hybridized carbons (Fsp3) is 0.471. The van der Waals surface area contributed by atoms with Gasteiger partial charge in [-0.3, -0.25) is 9.58 Å². The van der Waals surface area contributed by atoms with Gasteiger partial charge in [0.1, 0.15) is 4.90 Å². The maximum Gasteiger partial charge on any atom is 0.243 e. The minimum Gasteiger partial charge on any atom is -0.295 e. The van der Waals surface area contributed by atoms with E-state index in [2.05, 4.69) is 45.9 Å². The predicted octanol–water partition coefficient (Wildman–Crippen LogP) is 1.54. The van der Waals surface area contributed by atoms with Crippen molar-refractivity contribution in [2.45, 2.75) is 37.2 Å². The summed E-state index contributed by atoms with van der Waals surface area (Å²) in [6.45, 7) is 4.35. The summed E-state index contributed by atoms with van der Waals surface area (Å²) in [5, 5.41) is 3.93. The number of hydrogen-bond acceptors (Lipinski definition) is 4. The van der Waals surface area contributed by atoms with Gasteiger partial charge in [-0.15, -0.1) is 0 Å². The molecule has 7 heteroatoms. The van der Waals surface area contributed by atoms with Crippen LogP contribution in [0.25, 0.3) is 0 Å². The number of aromatic nitrogens is 2. The number of benzene rings is 1. The number of nitrogens with one attached hydrogen (secondary N) is 1. The first kappa shape index (κ1) is 17.1. The maximum atomic E-state index is 12.4. The van der Waals surface area contributed by atoms with Gasteiger partial charge < -0.3 is 0 Å². The number of nitrogens with zero attached hydrogens (tertiary/aromatic N) is 3. The molecule has 1 aliphatic heterocycles. The van der Waals surface area contributed by atoms with Crippen LogP contribution in [0, 0.1) is 0 Å². The first-order valence-electron chi connectivity index (χ1n) is 8.28. The third-order valence-corrected chi connectivity index (χ3v) is 6.03. The van der Waals surface area contributed by atoms with Crippen LogP contribution < -0.4 is 4.72 Å². The lowest BCUT2D eigenvalue weighted by Crippen LogP contribution is -2.45. The SMILES string of the molecule is CCC(CNS(=O)(=O)c1cnn(C)c1)N1CCc2ccccc2C1. The highest BCUT2D eigenvalue weighted by Gasteiger charge is 2.24. The summed E-state index contributed by atoms with van der Waals surface area (Å²) in [4.78, 5) is 2.58. The first-order valence-corrected chi connectivity index (χ1v) is 9.77. The topological polar surface area (TPSA) is 67.2 Å². The Labute approximate surface area is 143 Å². The van der Waals surface area contributed by atoms with Gasteiger partial charge in [0, 0.05) is 38.9 Å². The molecule has 1 aromatic carbocycles. The van der Waals surface area contributed by atoms with Crippen LogP contribution in [-0.4, -0.2) is 42.2 Å². The van der Waals surface area contributed by atoms with Crippen LogP contribution in [0.1, 0.15) is 24.5 Å². The zero-order chi connectivity index (χ0) is 17.2. The van der Waals surface area contributed by atoms with Gasteiger partial charge in [0.05, 0.1) is 6.20 Å². The largest absolute Gasteiger partial charge is 0.295 e. The molecule has 6 nitrogen and oxygen atoms in total. The van der Waals surface area contributed by atoms with E-state index < -0.39 is 10.0 Å². The second-order valence-electron chi connectivity index (χ2n) is 6.25. The molecule has 1 aromatic heterocycles. The molecule has 1 N–H and O–H groups in total. The molecule has 1 atom stereocenters. The van der Waals surface area contributed by atoms with Gasteiger partial charge in [-0.25, -0.2) is 13.1 Å². The summed E-state index contributed by atoms with van der Waals surface area (Å²) >= 11 is 0. The lowest BCUT2D eigenvalue weighted by atomic mass is 9.98. The molecule has 24 heavy (non-hydrogen) atoms. The van der Waals surface area contributed by atoms with Crippen LogP contribution in [0.5, 0.6) is 0 Å². The molecular weight excluding hydrogens is 324 g/mol. The molecule has 3 rings (SSSR count). The monoisotopic (exact) mass is 348 g/mol. The highest BCUT2D eigenvalue weighted by atomic mass is 32.2. The van der Waals surface area contributed by atoms with Crippen molar-refractivity contribution in [3.63, 3.8) is 0 Å². The third-order valence-electron chi connectivity index (χ3n) is 4.65. The fourth-order valence-electron chi connectivity index (χ4n) is 3.19. The Morgan fingerprint density at radius 2 is 2.04 bits per heavy atom. The minimum absolute atomic E-state index is 0.185. The molecule has 0 bridgehead atoms. The molecule has 0 aliphatic carbocycles. The van der Waals surface area contributed by atoms with Crippen molar-refractivity contribution in [2.75, 3.05) is 13.1 Å². The summed E-state index contributed by atoms with van der Waals surface area (Å²) in [5.41, 5.74) is 2.75. The number of fused-ring (bicyclic) bond motifs is 1. The van der Waals surface area contributed by atoms with E-state index in [9.17, 15) is 8.42 Å². The van der Waals surface area contributed by atoms with Crippen LogP contribution in [0.4, 0.5) is 0 Å². The molecule has 0 fully saturated rings. The predicted molar refractivity (Wildman–Crippen MR) is 93.0 cm³/mol. The van der Waals surface area contributed by atoms with Crippen molar-refractivity contribution in [1.29, 1.82) is 0 Å². The summed E-state index contributed by atoms with van der Waals surface area (Å²) in [5.74, 6) is 0. The van der Waals surface area contributed by atoms with Crippen molar-refractivity contribution in [2.24, 2.45) is 7.05 Å². The van der Waals surface area contributed by atoms with Crippen LogP contribution in [0.3, 0.4) is 0 Å². The van der Waals surface area contributed by atoms with Crippen molar-refractivity contribution >= 4 is 10.0 Å². The normalized spacial score (nSPS) is 16.8. The van der Waals surface area contributed by atoms with Gasteiger partial charge >= 0.3 is 0 Å². The Morgan fingerprint density at radius 3 is 2.71 bits per heavy atom. The Kier molecular flexibility index (Phi) is 5.03. The van der Waals surface area contributed by atoms with E-state index in [1.807, 2.05) is 0 Å². The molecule has 1 unspecified atom stereocenters. The van der Waals surface area contributed by atoms with E-state index >= 15 is 0 Å². The van der Waals surface area contributed by atoms with E-state index in [1.54, 1.807) is 7.05 Å². The number of aryl methyl sites for hydroxylation is 1. The molecule has 130 valence electrons. The summed E-state index contributed by atoms with van der Waals surface area (Å²) in [6.07, 6.45) is 4.81. The van der Waals surface area contributed by atoms with Crippen molar-refractivity contribution in [3.05, 3.63) is 47.8 Å². The average molecular weight is 348 g/mol. The molecule has 0 saturated carbocycles. The summed E-state index contributed by atoms with van der Waals surface area (Å²) in [6, 6.07) is 8.67. The molecule has 0 amide bonds. The molecular formula is C17H24N4O2S. The molecule has 0 spiro atoms. The summed E-state index contributed by atoms with van der Waals surface area (Å²) < 4.78 is 29.0. The van der Waals surface area contributed by atoms with Crippen LogP contribution in [0.2, 0.25) is 0 Å². The second kappa shape index (κ2) is 7.04. The smallest absolute Gasteiger partial charge is 0.243 e. The zero-order valence-corrected chi connectivity index (χ0v) is 15.0. The van der Waals surface area contributed by atoms with Gasteiger partial charge in [-0.1, -0.05) is 31.2 Å². The van der Waals surface area contributed by atoms with Crippen LogP contribution in [-0.2, 0) is 30.0 Å². The van der Waals surface area contributed by atoms with E-state index in [1.165, 1.54) is 28.2 Å². The van der Waals surface area contributed by atoms with E-state index in [0.717, 1.165) is 25.9 Å². The maximum absolute atomic E-state index is 12.4. The Hall–Kier alpha value is -1.70. The third kappa shape index (κ3) is 3.68. The molecule has 0 saturated heterocycles. The van der Waals surface area contributed by atoms with E-state index in [0.29, 0.717) is 6.54 Å². The Balaban J connectivity index is 1.65. The standard InChI is InChI=1S/C17H24N4O2S/c1-3-16(10-19-24(22,23)17-11-18-20(2)13-17)21-9-8-14-6-4-5-7-15(14)12-21/h4-7,11,13,16,19H,3,8-10,12H2,1-2H3. The molecule has 2 heterocycles. The van der Waals surface area contributed by atoms with Crippen molar-refractivity contribution < 1.29 is 8.42 Å². The highest BCUT2D eigenvalue weighted by Crippen LogP contribution is 2.21. The minimum atomic E-state index is -3.50. The van der Waals surface area contributed by atoms with Crippen molar-refractivity contribution in [1.82, 2.24) is 19.4 Å². The fourth-order valence-corrected chi connectivity index (χ4v) is 4.24. The van der Waals surface area contributed by atoms with Crippen molar-refractivity contribution in [3.8, 4) is 0 Å². The number of hydrogen-bond donors (Lipinski definition) is 1. The average Bonchev–Trinajstić information content (AvgIpc) is 3.02. The Morgan fingerprint density at radius 1 is 1.29 bits per heavy atom. The van der Waals surface area contributed by atoms with E-state index in [-0.39, 0.29) is 10.9 Å². The van der Waals surface area contributed by atoms with Crippen LogP contribution in [0.15, 0.2) is 41.6 Å². The zero-order valence-electron chi connectivity index (χ0n) is 14.1. The lowest BCUT2D eigenvalue weighted by molar-refractivity contribution is 0.175. The summed E-state index contributed by atoms with van der Waals surface area (Å²) in [7, 11) is -1.80. The molecule has 1 aliphatic rings. The van der Waals surface area contributed by atoms with Gasteiger partial charge in [0.15, 0.2) is 0 Å². The molecule has 0 radical (unpaired) electrons. The van der Waals surface area contributed by atoms with Gasteiger partial charge in [0.2, 0.25) is 10.0 Å². The molecule has 2 aromatic rings. The van der Waals surface area contributed by atoms with Gasteiger partial charge in [-0.2, -0.15) is 5.10 Å². The first-order chi connectivity index (χ1) is 11.5. The van der Waals surface area contributed by atoms with Gasteiger partial charge in [-0.05, 0) is 24.0 Å². The number of sulfonamides is 1. The second-order valence-corrected chi connectivity index (χ2v) is 8.02. The van der Waals surface area contributed by atoms with E-state index in [4.69, 9.17) is 0 Å². The van der Waals surface area contributed by atoms with Gasteiger partial charge in [0.25, 0.3) is 0 Å².